The van der Waals surface area contributed by atoms with E-state index in [-0.39, 0.29) is 30.7 Å². The number of carboxylic acids is 1. The predicted molar refractivity (Wildman–Crippen MR) is 164 cm³/mol. The monoisotopic (exact) mass is 618 g/mol. The van der Waals surface area contributed by atoms with Gasteiger partial charge in [0.2, 0.25) is 10.0 Å². The Labute approximate surface area is 258 Å². The Morgan fingerprint density at radius 1 is 1.09 bits per heavy atom. The zero-order chi connectivity index (χ0) is 31.5. The van der Waals surface area contributed by atoms with Crippen LogP contribution in [-0.2, 0) is 39.3 Å². The number of carboxylic acid groups (broad SMARTS) is 1. The first-order valence-electron chi connectivity index (χ1n) is 14.6. The summed E-state index contributed by atoms with van der Waals surface area (Å²) in [6, 6.07) is 22.1. The van der Waals surface area contributed by atoms with Crippen LogP contribution in [0.3, 0.4) is 0 Å². The quantitative estimate of drug-likeness (QED) is 0.238. The number of hydrogen-bond acceptors (Lipinski definition) is 7. The highest BCUT2D eigenvalue weighted by atomic mass is 32.2. The standard InChI is InChI=1S/C33H38N4O6S/c1-5-28-21-37(44(40,41)30-14-10-9-13-29(30)43-28)19-26-17-25(16-15-23(26)2)31(33(3,4)32(38)39)42-22-27-20-36(35-34-27)18-24-11-7-6-8-12-24/h6-17,20,28,31H,5,18-19,21-22H2,1-4H3,(H,38,39)/t28-,31?/m1/s1. The van der Waals surface area contributed by atoms with Crippen molar-refractivity contribution in [3.63, 3.8) is 0 Å². The molecule has 3 aromatic carbocycles. The van der Waals surface area contributed by atoms with Crippen molar-refractivity contribution >= 4 is 16.0 Å². The maximum absolute atomic E-state index is 13.8. The van der Waals surface area contributed by atoms with Gasteiger partial charge in [-0.3, -0.25) is 4.79 Å². The van der Waals surface area contributed by atoms with Crippen molar-refractivity contribution < 1.29 is 27.8 Å². The van der Waals surface area contributed by atoms with Crippen molar-refractivity contribution in [3.05, 3.63) is 107 Å². The van der Waals surface area contributed by atoms with E-state index in [1.54, 1.807) is 49.0 Å². The number of rotatable bonds is 11. The maximum Gasteiger partial charge on any atom is 0.312 e. The summed E-state index contributed by atoms with van der Waals surface area (Å²) in [5.41, 5.74) is 2.61. The molecule has 1 N–H and O–H groups in total. The molecule has 0 amide bonds. The first-order chi connectivity index (χ1) is 21.0. The molecule has 232 valence electrons. The Bertz CT molecular complexity index is 1720. The van der Waals surface area contributed by atoms with Gasteiger partial charge in [-0.25, -0.2) is 13.1 Å². The van der Waals surface area contributed by atoms with Crippen LogP contribution in [0.2, 0.25) is 0 Å². The van der Waals surface area contributed by atoms with E-state index in [1.165, 1.54) is 4.31 Å². The first kappa shape index (κ1) is 31.4. The molecule has 0 radical (unpaired) electrons. The van der Waals surface area contributed by atoms with Gasteiger partial charge in [0, 0.05) is 6.54 Å². The molecule has 4 aromatic rings. The smallest absolute Gasteiger partial charge is 0.312 e. The summed E-state index contributed by atoms with van der Waals surface area (Å²) >= 11 is 0. The average Bonchev–Trinajstić information content (AvgIpc) is 3.41. The van der Waals surface area contributed by atoms with Crippen LogP contribution < -0.4 is 4.74 Å². The van der Waals surface area contributed by atoms with Crippen molar-refractivity contribution in [2.75, 3.05) is 6.54 Å². The molecular formula is C33H38N4O6S. The summed E-state index contributed by atoms with van der Waals surface area (Å²) in [5.74, 6) is -0.670. The Morgan fingerprint density at radius 3 is 2.55 bits per heavy atom. The second-order valence-corrected chi connectivity index (χ2v) is 13.6. The van der Waals surface area contributed by atoms with E-state index < -0.39 is 27.5 Å². The summed E-state index contributed by atoms with van der Waals surface area (Å²) in [5, 5.41) is 18.6. The average molecular weight is 619 g/mol. The van der Waals surface area contributed by atoms with Crippen LogP contribution in [-0.4, -0.2) is 51.4 Å². The number of sulfonamides is 1. The number of hydrogen-bond donors (Lipinski definition) is 1. The van der Waals surface area contributed by atoms with Gasteiger partial charge >= 0.3 is 5.97 Å². The molecule has 1 aliphatic heterocycles. The highest BCUT2D eigenvalue weighted by molar-refractivity contribution is 7.89. The number of aryl methyl sites for hydroxylation is 1. The largest absolute Gasteiger partial charge is 0.488 e. The zero-order valence-electron chi connectivity index (χ0n) is 25.4. The zero-order valence-corrected chi connectivity index (χ0v) is 26.2. The molecule has 0 fully saturated rings. The summed E-state index contributed by atoms with van der Waals surface area (Å²) in [6.45, 7) is 8.00. The van der Waals surface area contributed by atoms with E-state index in [0.717, 1.165) is 16.7 Å². The summed E-state index contributed by atoms with van der Waals surface area (Å²) in [6.07, 6.45) is 1.26. The van der Waals surface area contributed by atoms with Gasteiger partial charge in [-0.05, 0) is 61.6 Å². The highest BCUT2D eigenvalue weighted by Crippen LogP contribution is 2.39. The van der Waals surface area contributed by atoms with Gasteiger partial charge in [0.15, 0.2) is 0 Å². The van der Waals surface area contributed by atoms with Gasteiger partial charge in [-0.2, -0.15) is 4.31 Å². The third-order valence-corrected chi connectivity index (χ3v) is 9.88. The number of aromatic nitrogens is 3. The molecular weight excluding hydrogens is 580 g/mol. The molecule has 10 nitrogen and oxygen atoms in total. The molecule has 44 heavy (non-hydrogen) atoms. The van der Waals surface area contributed by atoms with Crippen LogP contribution in [0.15, 0.2) is 83.9 Å². The first-order valence-corrected chi connectivity index (χ1v) is 16.1. The Kier molecular flexibility index (Phi) is 9.19. The lowest BCUT2D eigenvalue weighted by Crippen LogP contribution is -2.36. The molecule has 0 bridgehead atoms. The van der Waals surface area contributed by atoms with Crippen molar-refractivity contribution in [1.29, 1.82) is 0 Å². The van der Waals surface area contributed by atoms with E-state index in [9.17, 15) is 18.3 Å². The minimum Gasteiger partial charge on any atom is -0.488 e. The second-order valence-electron chi connectivity index (χ2n) is 11.7. The molecule has 2 heterocycles. The normalized spacial score (nSPS) is 17.3. The van der Waals surface area contributed by atoms with Crippen LogP contribution in [0.5, 0.6) is 5.75 Å². The van der Waals surface area contributed by atoms with Crippen LogP contribution in [0.1, 0.15) is 61.2 Å². The summed E-state index contributed by atoms with van der Waals surface area (Å²) < 4.78 is 43.1. The van der Waals surface area contributed by atoms with E-state index in [0.29, 0.717) is 30.0 Å². The molecule has 0 saturated carbocycles. The van der Waals surface area contributed by atoms with E-state index in [2.05, 4.69) is 10.3 Å². The fourth-order valence-electron chi connectivity index (χ4n) is 5.27. The Balaban J connectivity index is 1.41. The summed E-state index contributed by atoms with van der Waals surface area (Å²) in [4.78, 5) is 12.6. The summed E-state index contributed by atoms with van der Waals surface area (Å²) in [7, 11) is -3.85. The number of para-hydroxylation sites is 1. The lowest BCUT2D eigenvalue weighted by atomic mass is 9.81. The van der Waals surface area contributed by atoms with Crippen molar-refractivity contribution in [1.82, 2.24) is 19.3 Å². The van der Waals surface area contributed by atoms with Crippen molar-refractivity contribution in [3.8, 4) is 5.75 Å². The molecule has 11 heteroatoms. The topological polar surface area (TPSA) is 124 Å². The second kappa shape index (κ2) is 12.9. The molecule has 5 rings (SSSR count). The number of aliphatic carboxylic acids is 1. The van der Waals surface area contributed by atoms with Crippen molar-refractivity contribution in [2.24, 2.45) is 5.41 Å². The molecule has 0 saturated heterocycles. The minimum atomic E-state index is -3.85. The Hall–Kier alpha value is -4.06. The Morgan fingerprint density at radius 2 is 1.82 bits per heavy atom. The fraction of sp³-hybridized carbons (Fsp3) is 0.364. The molecule has 1 aliphatic rings. The lowest BCUT2D eigenvalue weighted by molar-refractivity contribution is -0.158. The number of ether oxygens (including phenoxy) is 2. The van der Waals surface area contributed by atoms with E-state index >= 15 is 0 Å². The van der Waals surface area contributed by atoms with Crippen LogP contribution in [0.25, 0.3) is 0 Å². The van der Waals surface area contributed by atoms with Gasteiger partial charge in [0.05, 0.1) is 37.4 Å². The maximum atomic E-state index is 13.8. The molecule has 0 spiro atoms. The molecule has 1 aromatic heterocycles. The minimum absolute atomic E-state index is 0.0478. The van der Waals surface area contributed by atoms with Crippen LogP contribution in [0.4, 0.5) is 0 Å². The van der Waals surface area contributed by atoms with Crippen LogP contribution >= 0.6 is 0 Å². The number of fused-ring (bicyclic) bond motifs is 1. The molecule has 0 aliphatic carbocycles. The van der Waals surface area contributed by atoms with Crippen LogP contribution in [0, 0.1) is 12.3 Å². The SMILES string of the molecule is CC[C@@H]1CN(Cc2cc(C(OCc3cn(Cc4ccccc4)nn3)C(C)(C)C(=O)O)ccc2C)S(=O)(=O)c2ccccc2O1. The fourth-order valence-corrected chi connectivity index (χ4v) is 6.84. The third kappa shape index (κ3) is 6.69. The predicted octanol–water partition coefficient (Wildman–Crippen LogP) is 5.37. The van der Waals surface area contributed by atoms with Gasteiger partial charge < -0.3 is 14.6 Å². The number of carbonyl (C=O) groups is 1. The molecule has 1 unspecified atom stereocenters. The molecule has 2 atom stereocenters. The number of benzene rings is 3. The van der Waals surface area contributed by atoms with Gasteiger partial charge in [0.25, 0.3) is 0 Å². The van der Waals surface area contributed by atoms with Gasteiger partial charge in [0.1, 0.15) is 22.4 Å². The van der Waals surface area contributed by atoms with Gasteiger partial charge in [-0.15, -0.1) is 5.10 Å². The number of nitrogens with zero attached hydrogens (tertiary/aromatic N) is 4. The van der Waals surface area contributed by atoms with E-state index in [1.807, 2.05) is 62.4 Å². The van der Waals surface area contributed by atoms with Gasteiger partial charge in [-0.1, -0.05) is 72.8 Å². The lowest BCUT2D eigenvalue weighted by Gasteiger charge is -2.31. The van der Waals surface area contributed by atoms with Crippen molar-refractivity contribution in [2.45, 2.75) is 70.9 Å². The highest BCUT2D eigenvalue weighted by Gasteiger charge is 2.40. The van der Waals surface area contributed by atoms with E-state index in [4.69, 9.17) is 9.47 Å². The third-order valence-electron chi connectivity index (χ3n) is 8.02.